The van der Waals surface area contributed by atoms with Gasteiger partial charge in [-0.15, -0.1) is 0 Å². The molecule has 94 valence electrons. The maximum absolute atomic E-state index is 3.68. The molecule has 0 aromatic carbocycles. The van der Waals surface area contributed by atoms with Crippen LogP contribution in [-0.2, 0) is 0 Å². The van der Waals surface area contributed by atoms with Gasteiger partial charge >= 0.3 is 0 Å². The van der Waals surface area contributed by atoms with Gasteiger partial charge in [-0.3, -0.25) is 0 Å². The summed E-state index contributed by atoms with van der Waals surface area (Å²) >= 11 is 0. The molecule has 2 heteroatoms. The minimum atomic E-state index is 0.716. The van der Waals surface area contributed by atoms with Crippen molar-refractivity contribution < 1.29 is 0 Å². The highest BCUT2D eigenvalue weighted by Gasteiger charge is 2.36. The lowest BCUT2D eigenvalue weighted by Gasteiger charge is -2.46. The highest BCUT2D eigenvalue weighted by atomic mass is 15.2. The van der Waals surface area contributed by atoms with Crippen LogP contribution in [-0.4, -0.2) is 36.6 Å². The minimum absolute atomic E-state index is 0.716. The number of hydrogen-bond acceptors (Lipinski definition) is 2. The SMILES string of the molecule is CC(C)C(C)N(C)C1CCC1CNC1CC1. The summed E-state index contributed by atoms with van der Waals surface area (Å²) in [6.07, 6.45) is 5.66. The Hall–Kier alpha value is -0.0800. The third kappa shape index (κ3) is 2.78. The summed E-state index contributed by atoms with van der Waals surface area (Å²) in [4.78, 5) is 2.62. The third-order valence-electron chi connectivity index (χ3n) is 4.75. The number of nitrogens with one attached hydrogen (secondary N) is 1. The topological polar surface area (TPSA) is 15.3 Å². The number of hydrogen-bond donors (Lipinski definition) is 1. The standard InChI is InChI=1S/C14H28N2/c1-10(2)11(3)16(4)14-8-5-12(14)9-15-13-6-7-13/h10-15H,5-9H2,1-4H3. The Bertz CT molecular complexity index is 223. The Labute approximate surface area is 101 Å². The van der Waals surface area contributed by atoms with Crippen LogP contribution in [0.1, 0.15) is 46.5 Å². The fourth-order valence-electron chi connectivity index (χ4n) is 2.70. The highest BCUT2D eigenvalue weighted by molar-refractivity contribution is 4.93. The summed E-state index contributed by atoms with van der Waals surface area (Å²) in [5.41, 5.74) is 0. The van der Waals surface area contributed by atoms with Gasteiger partial charge in [0.25, 0.3) is 0 Å². The van der Waals surface area contributed by atoms with E-state index in [9.17, 15) is 0 Å². The van der Waals surface area contributed by atoms with Gasteiger partial charge in [-0.1, -0.05) is 13.8 Å². The maximum atomic E-state index is 3.68. The summed E-state index contributed by atoms with van der Waals surface area (Å²) in [5.74, 6) is 1.68. The van der Waals surface area contributed by atoms with E-state index < -0.39 is 0 Å². The van der Waals surface area contributed by atoms with Gasteiger partial charge in [0, 0.05) is 18.1 Å². The lowest BCUT2D eigenvalue weighted by molar-refractivity contribution is 0.0400. The van der Waals surface area contributed by atoms with Crippen molar-refractivity contribution in [1.82, 2.24) is 10.2 Å². The molecule has 3 atom stereocenters. The molecule has 0 radical (unpaired) electrons. The average Bonchev–Trinajstić information content (AvgIpc) is 2.98. The van der Waals surface area contributed by atoms with Crippen LogP contribution >= 0.6 is 0 Å². The highest BCUT2D eigenvalue weighted by Crippen LogP contribution is 2.33. The summed E-state index contributed by atoms with van der Waals surface area (Å²) in [6, 6.07) is 2.42. The smallest absolute Gasteiger partial charge is 0.0136 e. The lowest BCUT2D eigenvalue weighted by atomic mass is 9.77. The molecule has 2 fully saturated rings. The quantitative estimate of drug-likeness (QED) is 0.746. The predicted octanol–water partition coefficient (Wildman–Crippen LogP) is 2.49. The fourth-order valence-corrected chi connectivity index (χ4v) is 2.70. The van der Waals surface area contributed by atoms with Crippen LogP contribution in [0.15, 0.2) is 0 Å². The van der Waals surface area contributed by atoms with E-state index in [0.717, 1.165) is 23.9 Å². The van der Waals surface area contributed by atoms with Crippen molar-refractivity contribution in [3.63, 3.8) is 0 Å². The first-order chi connectivity index (χ1) is 7.59. The second-order valence-corrected chi connectivity index (χ2v) is 6.24. The van der Waals surface area contributed by atoms with Gasteiger partial charge in [0.15, 0.2) is 0 Å². The van der Waals surface area contributed by atoms with Gasteiger partial charge in [-0.25, -0.2) is 0 Å². The fraction of sp³-hybridized carbons (Fsp3) is 1.00. The van der Waals surface area contributed by atoms with Crippen molar-refractivity contribution >= 4 is 0 Å². The number of rotatable bonds is 6. The molecule has 0 aliphatic heterocycles. The largest absolute Gasteiger partial charge is 0.314 e. The van der Waals surface area contributed by atoms with Crippen molar-refractivity contribution in [2.24, 2.45) is 11.8 Å². The van der Waals surface area contributed by atoms with Crippen molar-refractivity contribution in [1.29, 1.82) is 0 Å². The summed E-state index contributed by atoms with van der Waals surface area (Å²) in [5, 5.41) is 3.68. The molecule has 0 amide bonds. The first-order valence-electron chi connectivity index (χ1n) is 7.05. The van der Waals surface area contributed by atoms with Crippen LogP contribution in [0, 0.1) is 11.8 Å². The lowest BCUT2D eigenvalue weighted by Crippen LogP contribution is -2.53. The zero-order chi connectivity index (χ0) is 11.7. The average molecular weight is 224 g/mol. The molecule has 2 aliphatic carbocycles. The molecule has 0 heterocycles. The molecule has 2 nitrogen and oxygen atoms in total. The molecular formula is C14H28N2. The van der Waals surface area contributed by atoms with E-state index in [1.807, 2.05) is 0 Å². The van der Waals surface area contributed by atoms with Crippen LogP contribution < -0.4 is 5.32 Å². The van der Waals surface area contributed by atoms with E-state index in [2.05, 4.69) is 38.0 Å². The Morgan fingerprint density at radius 1 is 1.12 bits per heavy atom. The van der Waals surface area contributed by atoms with E-state index in [-0.39, 0.29) is 0 Å². The molecule has 2 saturated carbocycles. The Morgan fingerprint density at radius 2 is 1.81 bits per heavy atom. The minimum Gasteiger partial charge on any atom is -0.314 e. The second kappa shape index (κ2) is 5.05. The van der Waals surface area contributed by atoms with Crippen LogP contribution in [0.25, 0.3) is 0 Å². The van der Waals surface area contributed by atoms with Crippen molar-refractivity contribution in [2.75, 3.05) is 13.6 Å². The van der Waals surface area contributed by atoms with Gasteiger partial charge in [0.05, 0.1) is 0 Å². The molecular weight excluding hydrogens is 196 g/mol. The zero-order valence-electron chi connectivity index (χ0n) is 11.4. The Morgan fingerprint density at radius 3 is 2.25 bits per heavy atom. The van der Waals surface area contributed by atoms with E-state index >= 15 is 0 Å². The van der Waals surface area contributed by atoms with Gasteiger partial charge in [0.2, 0.25) is 0 Å². The van der Waals surface area contributed by atoms with Crippen LogP contribution in [0.4, 0.5) is 0 Å². The van der Waals surface area contributed by atoms with E-state index in [1.54, 1.807) is 0 Å². The van der Waals surface area contributed by atoms with Gasteiger partial charge < -0.3 is 10.2 Å². The van der Waals surface area contributed by atoms with Crippen LogP contribution in [0.2, 0.25) is 0 Å². The van der Waals surface area contributed by atoms with Crippen molar-refractivity contribution in [2.45, 2.75) is 64.6 Å². The summed E-state index contributed by atoms with van der Waals surface area (Å²) in [7, 11) is 2.32. The summed E-state index contributed by atoms with van der Waals surface area (Å²) < 4.78 is 0. The molecule has 0 spiro atoms. The maximum Gasteiger partial charge on any atom is 0.0136 e. The van der Waals surface area contributed by atoms with Crippen molar-refractivity contribution in [3.05, 3.63) is 0 Å². The molecule has 16 heavy (non-hydrogen) atoms. The first kappa shape index (κ1) is 12.4. The Kier molecular flexibility index (Phi) is 3.91. The van der Waals surface area contributed by atoms with Crippen LogP contribution in [0.3, 0.4) is 0 Å². The van der Waals surface area contributed by atoms with Gasteiger partial charge in [-0.05, 0) is 58.0 Å². The third-order valence-corrected chi connectivity index (χ3v) is 4.75. The molecule has 0 bridgehead atoms. The van der Waals surface area contributed by atoms with Crippen LogP contribution in [0.5, 0.6) is 0 Å². The van der Waals surface area contributed by atoms with E-state index in [4.69, 9.17) is 0 Å². The number of nitrogens with zero attached hydrogens (tertiary/aromatic N) is 1. The zero-order valence-corrected chi connectivity index (χ0v) is 11.4. The molecule has 2 aliphatic rings. The molecule has 0 aromatic rings. The van der Waals surface area contributed by atoms with Crippen molar-refractivity contribution in [3.8, 4) is 0 Å². The second-order valence-electron chi connectivity index (χ2n) is 6.24. The predicted molar refractivity (Wildman–Crippen MR) is 69.6 cm³/mol. The Balaban J connectivity index is 1.75. The summed E-state index contributed by atoms with van der Waals surface area (Å²) in [6.45, 7) is 8.29. The van der Waals surface area contributed by atoms with Gasteiger partial charge in [-0.2, -0.15) is 0 Å². The molecule has 2 rings (SSSR count). The monoisotopic (exact) mass is 224 g/mol. The molecule has 3 unspecified atom stereocenters. The van der Waals surface area contributed by atoms with Gasteiger partial charge in [0.1, 0.15) is 0 Å². The molecule has 0 aromatic heterocycles. The molecule has 1 N–H and O–H groups in total. The first-order valence-corrected chi connectivity index (χ1v) is 7.05. The molecule has 0 saturated heterocycles. The van der Waals surface area contributed by atoms with E-state index in [1.165, 1.54) is 32.2 Å². The normalized spacial score (nSPS) is 31.9. The van der Waals surface area contributed by atoms with E-state index in [0.29, 0.717) is 6.04 Å².